The van der Waals surface area contributed by atoms with Crippen LogP contribution in [0.5, 0.6) is 5.75 Å². The number of rotatable bonds is 2. The van der Waals surface area contributed by atoms with Crippen LogP contribution in [0.4, 0.5) is 5.88 Å². The van der Waals surface area contributed by atoms with Gasteiger partial charge in [0.2, 0.25) is 5.88 Å². The van der Waals surface area contributed by atoms with Crippen LogP contribution in [0.3, 0.4) is 0 Å². The highest BCUT2D eigenvalue weighted by atomic mass is 79.9. The summed E-state index contributed by atoms with van der Waals surface area (Å²) < 4.78 is 5.68. The van der Waals surface area contributed by atoms with Crippen LogP contribution in [0.15, 0.2) is 27.2 Å². The number of nitrogens with zero attached hydrogens (tertiary/aromatic N) is 1. The average molecular weight is 283 g/mol. The van der Waals surface area contributed by atoms with Crippen LogP contribution < -0.4 is 5.73 Å². The minimum Gasteiger partial charge on any atom is -0.507 e. The molecule has 0 aliphatic heterocycles. The van der Waals surface area contributed by atoms with E-state index in [4.69, 9.17) is 10.3 Å². The summed E-state index contributed by atoms with van der Waals surface area (Å²) >= 11 is 3.39. The fourth-order valence-corrected chi connectivity index (χ4v) is 2.04. The summed E-state index contributed by atoms with van der Waals surface area (Å²) in [6, 6.07) is 5.25. The third-order valence-electron chi connectivity index (χ3n) is 2.34. The molecule has 0 saturated heterocycles. The molecule has 0 fully saturated rings. The molecule has 0 aliphatic carbocycles. The Hall–Kier alpha value is -1.49. The van der Waals surface area contributed by atoms with Gasteiger partial charge in [-0.25, -0.2) is 0 Å². The number of halogens is 1. The quantitative estimate of drug-likeness (QED) is 0.888. The fourth-order valence-electron chi connectivity index (χ4n) is 1.54. The molecule has 3 N–H and O–H groups in total. The van der Waals surface area contributed by atoms with Gasteiger partial charge in [-0.15, -0.1) is 0 Å². The summed E-state index contributed by atoms with van der Waals surface area (Å²) in [6.07, 6.45) is 0.742. The van der Waals surface area contributed by atoms with Crippen molar-refractivity contribution in [2.45, 2.75) is 13.3 Å². The molecule has 0 amide bonds. The molecule has 16 heavy (non-hydrogen) atoms. The molecule has 4 nitrogen and oxygen atoms in total. The summed E-state index contributed by atoms with van der Waals surface area (Å²) in [5.41, 5.74) is 7.46. The van der Waals surface area contributed by atoms with E-state index in [-0.39, 0.29) is 11.6 Å². The Morgan fingerprint density at radius 1 is 1.44 bits per heavy atom. The van der Waals surface area contributed by atoms with Crippen molar-refractivity contribution in [3.05, 3.63) is 28.2 Å². The van der Waals surface area contributed by atoms with Gasteiger partial charge in [0, 0.05) is 16.1 Å². The monoisotopic (exact) mass is 282 g/mol. The first kappa shape index (κ1) is 11.0. The van der Waals surface area contributed by atoms with Gasteiger partial charge in [0.05, 0.1) is 0 Å². The van der Waals surface area contributed by atoms with Crippen LogP contribution in [0.25, 0.3) is 11.3 Å². The third-order valence-corrected chi connectivity index (χ3v) is 2.80. The highest BCUT2D eigenvalue weighted by Gasteiger charge is 2.13. The molecule has 0 spiro atoms. The molecule has 2 rings (SSSR count). The second-order valence-electron chi connectivity index (χ2n) is 3.43. The average Bonchev–Trinajstić information content (AvgIpc) is 2.67. The largest absolute Gasteiger partial charge is 0.507 e. The maximum atomic E-state index is 10.0. The standard InChI is InChI=1S/C11H11BrN2O2/c1-2-6-3-7(12)4-8(11(6)15)9-5-10(13)16-14-9/h3-5,15H,2,13H2,1H3. The number of anilines is 1. The summed E-state index contributed by atoms with van der Waals surface area (Å²) in [4.78, 5) is 0. The Morgan fingerprint density at radius 3 is 2.75 bits per heavy atom. The zero-order chi connectivity index (χ0) is 11.7. The molecule has 0 bridgehead atoms. The molecule has 0 atom stereocenters. The van der Waals surface area contributed by atoms with E-state index in [1.54, 1.807) is 12.1 Å². The maximum absolute atomic E-state index is 10.0. The number of aryl methyl sites for hydroxylation is 1. The van der Waals surface area contributed by atoms with Gasteiger partial charge < -0.3 is 15.4 Å². The van der Waals surface area contributed by atoms with Gasteiger partial charge in [-0.05, 0) is 24.1 Å². The van der Waals surface area contributed by atoms with E-state index >= 15 is 0 Å². The topological polar surface area (TPSA) is 72.3 Å². The van der Waals surface area contributed by atoms with Crippen LogP contribution >= 0.6 is 15.9 Å². The number of phenols is 1. The maximum Gasteiger partial charge on any atom is 0.222 e. The predicted molar refractivity (Wildman–Crippen MR) is 65.1 cm³/mol. The SMILES string of the molecule is CCc1cc(Br)cc(-c2cc(N)on2)c1O. The van der Waals surface area contributed by atoms with Crippen molar-refractivity contribution in [1.82, 2.24) is 5.16 Å². The van der Waals surface area contributed by atoms with Crippen molar-refractivity contribution >= 4 is 21.8 Å². The number of hydrogen-bond acceptors (Lipinski definition) is 4. The normalized spacial score (nSPS) is 10.6. The lowest BCUT2D eigenvalue weighted by atomic mass is 10.0. The van der Waals surface area contributed by atoms with Crippen LogP contribution in [0.2, 0.25) is 0 Å². The molecule has 0 unspecified atom stereocenters. The molecule has 0 aliphatic rings. The predicted octanol–water partition coefficient (Wildman–Crippen LogP) is 2.95. The zero-order valence-corrected chi connectivity index (χ0v) is 10.3. The second kappa shape index (κ2) is 4.17. The Balaban J connectivity index is 2.60. The van der Waals surface area contributed by atoms with E-state index in [0.717, 1.165) is 16.5 Å². The number of nitrogens with two attached hydrogens (primary N) is 1. The molecular formula is C11H11BrN2O2. The second-order valence-corrected chi connectivity index (χ2v) is 4.34. The van der Waals surface area contributed by atoms with E-state index in [2.05, 4.69) is 21.1 Å². The fraction of sp³-hybridized carbons (Fsp3) is 0.182. The zero-order valence-electron chi connectivity index (χ0n) is 8.70. The van der Waals surface area contributed by atoms with E-state index in [1.165, 1.54) is 0 Å². The van der Waals surface area contributed by atoms with Gasteiger partial charge in [-0.3, -0.25) is 0 Å². The van der Waals surface area contributed by atoms with Gasteiger partial charge >= 0.3 is 0 Å². The minimum absolute atomic E-state index is 0.221. The van der Waals surface area contributed by atoms with E-state index in [1.807, 2.05) is 13.0 Å². The Kier molecular flexibility index (Phi) is 2.87. The Bertz CT molecular complexity index is 523. The smallest absolute Gasteiger partial charge is 0.222 e. The number of aromatic hydroxyl groups is 1. The molecule has 1 aromatic heterocycles. The van der Waals surface area contributed by atoms with E-state index in [9.17, 15) is 5.11 Å². The summed E-state index contributed by atoms with van der Waals surface area (Å²) in [5.74, 6) is 0.450. The van der Waals surface area contributed by atoms with Gasteiger partial charge in [0.25, 0.3) is 0 Å². The van der Waals surface area contributed by atoms with Crippen molar-refractivity contribution in [1.29, 1.82) is 0 Å². The van der Waals surface area contributed by atoms with Gasteiger partial charge in [0.15, 0.2) is 0 Å². The van der Waals surface area contributed by atoms with Gasteiger partial charge in [-0.1, -0.05) is 28.0 Å². The molecule has 5 heteroatoms. The lowest BCUT2D eigenvalue weighted by Crippen LogP contribution is -1.87. The lowest BCUT2D eigenvalue weighted by Gasteiger charge is -2.07. The Morgan fingerprint density at radius 2 is 2.19 bits per heavy atom. The highest BCUT2D eigenvalue weighted by Crippen LogP contribution is 2.35. The van der Waals surface area contributed by atoms with E-state index < -0.39 is 0 Å². The van der Waals surface area contributed by atoms with E-state index in [0.29, 0.717) is 11.3 Å². The minimum atomic E-state index is 0.221. The highest BCUT2D eigenvalue weighted by molar-refractivity contribution is 9.10. The summed E-state index contributed by atoms with van der Waals surface area (Å²) in [7, 11) is 0. The van der Waals surface area contributed by atoms with Crippen LogP contribution in [-0.4, -0.2) is 10.3 Å². The lowest BCUT2D eigenvalue weighted by molar-refractivity contribution is 0.437. The molecule has 0 radical (unpaired) electrons. The Labute approximate surface area is 101 Å². The van der Waals surface area contributed by atoms with Crippen molar-refractivity contribution < 1.29 is 9.63 Å². The first-order valence-electron chi connectivity index (χ1n) is 4.85. The number of phenolic OH excluding ortho intramolecular Hbond substituents is 1. The van der Waals surface area contributed by atoms with Crippen LogP contribution in [0, 0.1) is 0 Å². The van der Waals surface area contributed by atoms with Crippen molar-refractivity contribution in [3.8, 4) is 17.0 Å². The van der Waals surface area contributed by atoms with Gasteiger partial charge in [0.1, 0.15) is 11.4 Å². The number of hydrogen-bond donors (Lipinski definition) is 2. The molecule has 1 heterocycles. The molecule has 2 aromatic rings. The number of nitrogen functional groups attached to an aromatic ring is 1. The summed E-state index contributed by atoms with van der Waals surface area (Å²) in [6.45, 7) is 1.97. The number of aromatic nitrogens is 1. The number of benzene rings is 1. The van der Waals surface area contributed by atoms with Crippen molar-refractivity contribution in [2.75, 3.05) is 5.73 Å². The van der Waals surface area contributed by atoms with Crippen molar-refractivity contribution in [2.24, 2.45) is 0 Å². The molecular weight excluding hydrogens is 272 g/mol. The van der Waals surface area contributed by atoms with Crippen LogP contribution in [-0.2, 0) is 6.42 Å². The van der Waals surface area contributed by atoms with Crippen molar-refractivity contribution in [3.63, 3.8) is 0 Å². The van der Waals surface area contributed by atoms with Gasteiger partial charge in [-0.2, -0.15) is 0 Å². The molecule has 84 valence electrons. The van der Waals surface area contributed by atoms with Crippen LogP contribution in [0.1, 0.15) is 12.5 Å². The summed E-state index contributed by atoms with van der Waals surface area (Å²) in [5, 5.41) is 13.8. The first-order chi connectivity index (χ1) is 7.61. The first-order valence-corrected chi connectivity index (χ1v) is 5.65. The molecule has 0 saturated carbocycles. The third kappa shape index (κ3) is 1.90. The molecule has 1 aromatic carbocycles.